The molecule has 0 aliphatic carbocycles. The quantitative estimate of drug-likeness (QED) is 0.319. The number of nitrogens with zero attached hydrogens (tertiary/aromatic N) is 1. The Morgan fingerprint density at radius 2 is 1.94 bits per heavy atom. The molecule has 1 saturated heterocycles. The molecule has 9 nitrogen and oxygen atoms in total. The molecule has 4 rings (SSSR count). The van der Waals surface area contributed by atoms with Crippen molar-refractivity contribution in [2.75, 3.05) is 20.1 Å². The van der Waals surface area contributed by atoms with E-state index in [2.05, 4.69) is 0 Å². The Bertz CT molecular complexity index is 1340. The summed E-state index contributed by atoms with van der Waals surface area (Å²) >= 11 is 6.27. The van der Waals surface area contributed by atoms with Gasteiger partial charge in [-0.3, -0.25) is 9.32 Å². The lowest BCUT2D eigenvalue weighted by Crippen LogP contribution is -2.41. The zero-order valence-corrected chi connectivity index (χ0v) is 19.1. The minimum absolute atomic E-state index is 0.0523. The summed E-state index contributed by atoms with van der Waals surface area (Å²) in [5.41, 5.74) is 0.0944. The van der Waals surface area contributed by atoms with Crippen LogP contribution in [-0.2, 0) is 9.09 Å². The average molecular weight is 492 g/mol. The Balaban J connectivity index is 1.98. The van der Waals surface area contributed by atoms with Gasteiger partial charge < -0.3 is 29.3 Å². The molecule has 12 heteroatoms. The molecule has 0 bridgehead atoms. The van der Waals surface area contributed by atoms with E-state index in [0.717, 1.165) is 12.1 Å². The van der Waals surface area contributed by atoms with E-state index in [-0.39, 0.29) is 33.9 Å². The largest absolute Gasteiger partial charge is 0.507 e. The van der Waals surface area contributed by atoms with Crippen molar-refractivity contribution in [3.8, 4) is 22.8 Å². The molecule has 33 heavy (non-hydrogen) atoms. The summed E-state index contributed by atoms with van der Waals surface area (Å²) in [6.07, 6.45) is -0.685. The summed E-state index contributed by atoms with van der Waals surface area (Å²) in [5.74, 6) is -1.58. The third kappa shape index (κ3) is 4.82. The molecule has 3 aromatic rings. The number of phenols is 2. The van der Waals surface area contributed by atoms with E-state index in [4.69, 9.17) is 28.4 Å². The number of hydrogen-bond acceptors (Lipinski definition) is 7. The highest BCUT2D eigenvalue weighted by Gasteiger charge is 2.38. The second-order valence-electron chi connectivity index (χ2n) is 8.04. The molecule has 0 amide bonds. The number of phosphoric acid groups is 1. The maximum absolute atomic E-state index is 13.0. The first kappa shape index (κ1) is 23.8. The first-order valence-electron chi connectivity index (χ1n) is 9.95. The summed E-state index contributed by atoms with van der Waals surface area (Å²) < 4.78 is 22.6. The van der Waals surface area contributed by atoms with E-state index in [9.17, 15) is 29.4 Å². The van der Waals surface area contributed by atoms with Crippen molar-refractivity contribution >= 4 is 43.7 Å². The van der Waals surface area contributed by atoms with Crippen LogP contribution >= 0.6 is 19.4 Å². The molecule has 2 heterocycles. The highest BCUT2D eigenvalue weighted by atomic mass is 35.5. The van der Waals surface area contributed by atoms with Gasteiger partial charge in [0, 0.05) is 35.7 Å². The number of benzene rings is 2. The van der Waals surface area contributed by atoms with Crippen molar-refractivity contribution in [2.45, 2.75) is 18.4 Å². The molecule has 0 saturated carbocycles. The van der Waals surface area contributed by atoms with Crippen molar-refractivity contribution in [3.63, 3.8) is 0 Å². The highest BCUT2D eigenvalue weighted by molar-refractivity contribution is 7.46. The lowest BCUT2D eigenvalue weighted by atomic mass is 9.85. The van der Waals surface area contributed by atoms with Crippen LogP contribution in [0.1, 0.15) is 17.9 Å². The molecule has 2 atom stereocenters. The number of likely N-dealkylation sites (N-methyl/N-ethyl adjacent to an activating group) is 1. The summed E-state index contributed by atoms with van der Waals surface area (Å²) in [6.45, 7) is 0.682. The molecule has 1 fully saturated rings. The van der Waals surface area contributed by atoms with Gasteiger partial charge >= 0.3 is 7.82 Å². The van der Waals surface area contributed by atoms with E-state index in [1.807, 2.05) is 4.90 Å². The zero-order chi connectivity index (χ0) is 24.1. The van der Waals surface area contributed by atoms with E-state index in [0.29, 0.717) is 24.0 Å². The smallest absolute Gasteiger partial charge is 0.469 e. The number of piperidine rings is 1. The first-order chi connectivity index (χ1) is 15.4. The topological polar surface area (TPSA) is 141 Å². The highest BCUT2D eigenvalue weighted by Crippen LogP contribution is 2.47. The summed E-state index contributed by atoms with van der Waals surface area (Å²) in [6, 6.07) is 6.80. The van der Waals surface area contributed by atoms with E-state index in [1.54, 1.807) is 13.1 Å². The Labute approximate surface area is 194 Å². The van der Waals surface area contributed by atoms with Crippen LogP contribution < -0.4 is 10.9 Å². The third-order valence-corrected chi connectivity index (χ3v) is 6.53. The number of rotatable bonds is 4. The van der Waals surface area contributed by atoms with Crippen LogP contribution in [-0.4, -0.2) is 59.0 Å². The van der Waals surface area contributed by atoms with Gasteiger partial charge in [0.2, 0.25) is 0 Å². The van der Waals surface area contributed by atoms with Crippen LogP contribution in [0.15, 0.2) is 39.5 Å². The fourth-order valence-electron chi connectivity index (χ4n) is 4.23. The van der Waals surface area contributed by atoms with Gasteiger partial charge in [0.15, 0.2) is 5.43 Å². The Kier molecular flexibility index (Phi) is 6.35. The van der Waals surface area contributed by atoms with E-state index >= 15 is 0 Å². The van der Waals surface area contributed by atoms with Gasteiger partial charge in [-0.25, -0.2) is 4.57 Å². The van der Waals surface area contributed by atoms with Crippen molar-refractivity contribution in [2.24, 2.45) is 0 Å². The summed E-state index contributed by atoms with van der Waals surface area (Å²) in [5, 5.41) is 21.2. The molecule has 1 aromatic heterocycles. The monoisotopic (exact) mass is 491 g/mol. The summed E-state index contributed by atoms with van der Waals surface area (Å²) in [4.78, 5) is 33.6. The normalized spacial score (nSPS) is 19.8. The Hall–Kier alpha value is -2.33. The second kappa shape index (κ2) is 8.79. The van der Waals surface area contributed by atoms with Crippen LogP contribution in [0, 0.1) is 0 Å². The fraction of sp³-hybridized carbons (Fsp3) is 0.286. The number of phenolic OH excluding ortho intramolecular Hbond substituents is 2. The minimum atomic E-state index is -4.86. The molecular formula is C21H20BClNO8P. The number of fused-ring (bicyclic) bond motifs is 1. The fourth-order valence-corrected chi connectivity index (χ4v) is 5.01. The van der Waals surface area contributed by atoms with Gasteiger partial charge in [-0.2, -0.15) is 0 Å². The maximum Gasteiger partial charge on any atom is 0.469 e. The lowest BCUT2D eigenvalue weighted by molar-refractivity contribution is 0.0544. The van der Waals surface area contributed by atoms with Gasteiger partial charge in [-0.1, -0.05) is 29.2 Å². The number of hydrogen-bond donors (Lipinski definition) is 4. The first-order valence-corrected chi connectivity index (χ1v) is 11.9. The van der Waals surface area contributed by atoms with Gasteiger partial charge in [-0.15, -0.1) is 0 Å². The molecule has 0 unspecified atom stereocenters. The molecule has 0 spiro atoms. The summed E-state index contributed by atoms with van der Waals surface area (Å²) in [7, 11) is 2.75. The van der Waals surface area contributed by atoms with Crippen molar-refractivity contribution in [1.29, 1.82) is 0 Å². The van der Waals surface area contributed by atoms with E-state index < -0.39 is 36.8 Å². The molecule has 172 valence electrons. The SMILES string of the molecule is [B]c1ccc(Cl)c(-c2cc(=O)c3c(O)cc(O)c([C@H]4CCN(C)C[C@H]4OP(=O)(O)O)c3o2)c1. The van der Waals surface area contributed by atoms with Crippen molar-refractivity contribution in [1.82, 2.24) is 4.90 Å². The second-order valence-corrected chi connectivity index (χ2v) is 9.64. The Morgan fingerprint density at radius 1 is 1.21 bits per heavy atom. The predicted molar refractivity (Wildman–Crippen MR) is 123 cm³/mol. The van der Waals surface area contributed by atoms with Crippen LogP contribution in [0.4, 0.5) is 0 Å². The third-order valence-electron chi connectivity index (χ3n) is 5.66. The number of likely N-dealkylation sites (tertiary alicyclic amines) is 1. The van der Waals surface area contributed by atoms with Crippen LogP contribution in [0.5, 0.6) is 11.5 Å². The lowest BCUT2D eigenvalue weighted by Gasteiger charge is -2.36. The molecule has 1 aliphatic rings. The maximum atomic E-state index is 13.0. The standard InChI is InChI=1S/C21H20BClNO8P/c1-24-5-4-11(18(9-24)32-33(28,29)30)19-14(25)7-15(26)20-16(27)8-17(31-21(19)20)12-6-10(22)2-3-13(12)23/h2-3,6-8,11,18,25-26H,4-5,9H2,1H3,(H2,28,29,30)/t11-,18+/m0/s1. The Morgan fingerprint density at radius 3 is 2.64 bits per heavy atom. The molecule has 2 radical (unpaired) electrons. The van der Waals surface area contributed by atoms with Crippen molar-refractivity contribution < 1.29 is 33.5 Å². The number of aromatic hydroxyl groups is 2. The van der Waals surface area contributed by atoms with E-state index in [1.165, 1.54) is 12.1 Å². The van der Waals surface area contributed by atoms with Crippen LogP contribution in [0.25, 0.3) is 22.3 Å². The van der Waals surface area contributed by atoms with Crippen LogP contribution in [0.3, 0.4) is 0 Å². The molecule has 4 N–H and O–H groups in total. The molecule has 2 aromatic carbocycles. The van der Waals surface area contributed by atoms with Gasteiger partial charge in [0.25, 0.3) is 0 Å². The predicted octanol–water partition coefficient (Wildman–Crippen LogP) is 2.22. The van der Waals surface area contributed by atoms with Gasteiger partial charge in [0.05, 0.1) is 11.1 Å². The van der Waals surface area contributed by atoms with Crippen molar-refractivity contribution in [3.05, 3.63) is 51.1 Å². The average Bonchev–Trinajstić information content (AvgIpc) is 2.69. The number of halogens is 1. The molecule has 1 aliphatic heterocycles. The van der Waals surface area contributed by atoms with Gasteiger partial charge in [0.1, 0.15) is 36.1 Å². The molecular weight excluding hydrogens is 471 g/mol. The zero-order valence-electron chi connectivity index (χ0n) is 17.4. The number of phosphoric ester groups is 1. The van der Waals surface area contributed by atoms with Gasteiger partial charge in [-0.05, 0) is 26.1 Å². The minimum Gasteiger partial charge on any atom is -0.507 e. The van der Waals surface area contributed by atoms with Crippen LogP contribution in [0.2, 0.25) is 5.02 Å².